The Balaban J connectivity index is 1.87. The van der Waals surface area contributed by atoms with Crippen molar-refractivity contribution in [1.82, 2.24) is 15.1 Å². The number of thioether (sulfide) groups is 1. The summed E-state index contributed by atoms with van der Waals surface area (Å²) in [4.78, 5) is 9.27. The summed E-state index contributed by atoms with van der Waals surface area (Å²) in [6.07, 6.45) is 8.23. The molecule has 0 amide bonds. The Morgan fingerprint density at radius 2 is 2.08 bits per heavy atom. The summed E-state index contributed by atoms with van der Waals surface area (Å²) >= 11 is 2.21. The number of hydrogen-bond acceptors (Lipinski definition) is 4. The summed E-state index contributed by atoms with van der Waals surface area (Å²) in [5, 5.41) is 3.59. The van der Waals surface area contributed by atoms with Crippen molar-refractivity contribution in [3.8, 4) is 0 Å². The van der Waals surface area contributed by atoms with Gasteiger partial charge in [-0.05, 0) is 40.3 Å². The second kappa shape index (κ2) is 10.6. The van der Waals surface area contributed by atoms with Crippen molar-refractivity contribution in [2.75, 3.05) is 59.7 Å². The number of hydrogen-bond donors (Lipinski definition) is 1. The smallest absolute Gasteiger partial charge is 0.193 e. The Morgan fingerprint density at radius 3 is 2.72 bits per heavy atom. The molecule has 1 saturated carbocycles. The Bertz CT molecular complexity index is 405. The summed E-state index contributed by atoms with van der Waals surface area (Å²) in [6, 6.07) is 0. The number of aliphatic imine (C=N–C) groups is 1. The number of ether oxygens (including phenoxy) is 1. The number of nitrogens with zero attached hydrogens (tertiary/aromatic N) is 3. The van der Waals surface area contributed by atoms with Crippen LogP contribution in [0.1, 0.15) is 45.4 Å². The maximum Gasteiger partial charge on any atom is 0.193 e. The molecule has 6 heteroatoms. The first-order valence-corrected chi connectivity index (χ1v) is 10.9. The van der Waals surface area contributed by atoms with Gasteiger partial charge in [0.2, 0.25) is 0 Å². The Morgan fingerprint density at radius 1 is 1.32 bits per heavy atom. The fraction of sp³-hybridized carbons (Fsp3) is 0.947. The third-order valence-corrected chi connectivity index (χ3v) is 6.85. The first kappa shape index (κ1) is 20.8. The lowest BCUT2D eigenvalue weighted by Gasteiger charge is -2.45. The predicted octanol–water partition coefficient (Wildman–Crippen LogP) is 2.67. The average molecular weight is 371 g/mol. The van der Waals surface area contributed by atoms with Gasteiger partial charge in [0, 0.05) is 50.3 Å². The molecule has 1 aliphatic heterocycles. The Kier molecular flexibility index (Phi) is 8.87. The first-order chi connectivity index (χ1) is 12.1. The molecule has 0 radical (unpaired) electrons. The third-order valence-electron chi connectivity index (χ3n) is 5.31. The van der Waals surface area contributed by atoms with E-state index in [9.17, 15) is 0 Å². The Labute approximate surface area is 158 Å². The summed E-state index contributed by atoms with van der Waals surface area (Å²) < 4.78 is 6.39. The molecule has 1 spiro atoms. The van der Waals surface area contributed by atoms with Crippen molar-refractivity contribution in [3.05, 3.63) is 0 Å². The molecule has 1 aliphatic carbocycles. The van der Waals surface area contributed by atoms with E-state index in [0.717, 1.165) is 45.2 Å². The van der Waals surface area contributed by atoms with Crippen LogP contribution in [0, 0.1) is 0 Å². The van der Waals surface area contributed by atoms with Gasteiger partial charge >= 0.3 is 0 Å². The molecule has 1 atom stereocenters. The van der Waals surface area contributed by atoms with Gasteiger partial charge in [0.1, 0.15) is 0 Å². The van der Waals surface area contributed by atoms with Gasteiger partial charge in [-0.25, -0.2) is 0 Å². The van der Waals surface area contributed by atoms with Crippen LogP contribution in [0.25, 0.3) is 0 Å². The highest BCUT2D eigenvalue weighted by Gasteiger charge is 2.38. The molecule has 0 aromatic rings. The van der Waals surface area contributed by atoms with Crippen LogP contribution in [0.2, 0.25) is 0 Å². The first-order valence-electron chi connectivity index (χ1n) is 9.94. The molecule has 1 unspecified atom stereocenters. The van der Waals surface area contributed by atoms with Crippen LogP contribution in [-0.2, 0) is 4.74 Å². The number of guanidine groups is 1. The van der Waals surface area contributed by atoms with Crippen LogP contribution in [0.15, 0.2) is 4.99 Å². The largest absolute Gasteiger partial charge is 0.377 e. The Hall–Kier alpha value is -0.460. The van der Waals surface area contributed by atoms with Crippen LogP contribution < -0.4 is 5.32 Å². The van der Waals surface area contributed by atoms with Crippen molar-refractivity contribution in [2.24, 2.45) is 4.99 Å². The molecule has 1 N–H and O–H groups in total. The van der Waals surface area contributed by atoms with Crippen molar-refractivity contribution in [2.45, 2.75) is 56.3 Å². The van der Waals surface area contributed by atoms with Crippen molar-refractivity contribution in [1.29, 1.82) is 0 Å². The van der Waals surface area contributed by atoms with Gasteiger partial charge in [0.25, 0.3) is 0 Å². The quantitative estimate of drug-likeness (QED) is 0.551. The zero-order valence-electron chi connectivity index (χ0n) is 16.7. The highest BCUT2D eigenvalue weighted by molar-refractivity contribution is 8.00. The lowest BCUT2D eigenvalue weighted by atomic mass is 9.87. The summed E-state index contributed by atoms with van der Waals surface area (Å²) in [7, 11) is 6.14. The van der Waals surface area contributed by atoms with Crippen LogP contribution in [0.3, 0.4) is 0 Å². The molecule has 2 aliphatic rings. The molecule has 1 heterocycles. The maximum absolute atomic E-state index is 5.92. The third kappa shape index (κ3) is 6.65. The van der Waals surface area contributed by atoms with Crippen LogP contribution in [0.5, 0.6) is 0 Å². The zero-order chi connectivity index (χ0) is 18.1. The van der Waals surface area contributed by atoms with Crippen LogP contribution >= 0.6 is 11.8 Å². The standard InChI is InChI=1S/C19H38N4OS/c1-5-24-17(9-12-22(3)4)15-21-18(20-2)23-13-14-25-19(16-23)10-7-6-8-11-19/h17H,5-16H2,1-4H3,(H,20,21). The van der Waals surface area contributed by atoms with E-state index in [2.05, 4.69) is 52.9 Å². The van der Waals surface area contributed by atoms with E-state index in [1.54, 1.807) is 0 Å². The second-order valence-electron chi connectivity index (χ2n) is 7.61. The van der Waals surface area contributed by atoms with E-state index in [-0.39, 0.29) is 6.10 Å². The lowest BCUT2D eigenvalue weighted by Crippen LogP contribution is -2.54. The second-order valence-corrected chi connectivity index (χ2v) is 9.17. The molecule has 5 nitrogen and oxygen atoms in total. The molecular weight excluding hydrogens is 332 g/mol. The average Bonchev–Trinajstić information content (AvgIpc) is 2.61. The van der Waals surface area contributed by atoms with Gasteiger partial charge in [-0.15, -0.1) is 0 Å². The number of nitrogens with one attached hydrogen (secondary N) is 1. The van der Waals surface area contributed by atoms with Crippen molar-refractivity contribution >= 4 is 17.7 Å². The van der Waals surface area contributed by atoms with Crippen molar-refractivity contribution < 1.29 is 4.74 Å². The predicted molar refractivity (Wildman–Crippen MR) is 110 cm³/mol. The minimum Gasteiger partial charge on any atom is -0.377 e. The molecule has 0 aromatic heterocycles. The van der Waals surface area contributed by atoms with E-state index in [4.69, 9.17) is 4.74 Å². The molecule has 25 heavy (non-hydrogen) atoms. The summed E-state index contributed by atoms with van der Waals surface area (Å²) in [5.41, 5.74) is 0. The van der Waals surface area contributed by atoms with Gasteiger partial charge < -0.3 is 19.9 Å². The summed E-state index contributed by atoms with van der Waals surface area (Å²) in [5.74, 6) is 2.27. The molecular formula is C19H38N4OS. The van der Waals surface area contributed by atoms with Gasteiger partial charge in [-0.1, -0.05) is 19.3 Å². The fourth-order valence-electron chi connectivity index (χ4n) is 3.94. The van der Waals surface area contributed by atoms with E-state index in [1.807, 2.05) is 7.05 Å². The van der Waals surface area contributed by atoms with Crippen molar-refractivity contribution in [3.63, 3.8) is 0 Å². The molecule has 2 fully saturated rings. The molecule has 146 valence electrons. The fourth-order valence-corrected chi connectivity index (χ4v) is 5.51. The van der Waals surface area contributed by atoms with Crippen LogP contribution in [0.4, 0.5) is 0 Å². The highest BCUT2D eigenvalue weighted by atomic mass is 32.2. The van der Waals surface area contributed by atoms with E-state index in [0.29, 0.717) is 4.75 Å². The minimum atomic E-state index is 0.243. The molecule has 0 bridgehead atoms. The zero-order valence-corrected chi connectivity index (χ0v) is 17.5. The SMILES string of the molecule is CCOC(CCN(C)C)CNC(=NC)N1CCSC2(CCCCC2)C1. The molecule has 1 saturated heterocycles. The van der Waals surface area contributed by atoms with Gasteiger partial charge in [-0.3, -0.25) is 4.99 Å². The van der Waals surface area contributed by atoms with Crippen LogP contribution in [-0.4, -0.2) is 86.3 Å². The number of rotatable bonds is 7. The van der Waals surface area contributed by atoms with Gasteiger partial charge in [0.15, 0.2) is 5.96 Å². The van der Waals surface area contributed by atoms with E-state index in [1.165, 1.54) is 37.9 Å². The normalized spacial score (nSPS) is 22.4. The minimum absolute atomic E-state index is 0.243. The topological polar surface area (TPSA) is 40.1 Å². The maximum atomic E-state index is 5.92. The van der Waals surface area contributed by atoms with E-state index >= 15 is 0 Å². The lowest BCUT2D eigenvalue weighted by molar-refractivity contribution is 0.0543. The monoisotopic (exact) mass is 370 g/mol. The van der Waals surface area contributed by atoms with E-state index < -0.39 is 0 Å². The highest BCUT2D eigenvalue weighted by Crippen LogP contribution is 2.42. The molecule has 2 rings (SSSR count). The van der Waals surface area contributed by atoms with Gasteiger partial charge in [0.05, 0.1) is 6.10 Å². The summed E-state index contributed by atoms with van der Waals surface area (Å²) in [6.45, 7) is 6.98. The van der Waals surface area contributed by atoms with Gasteiger partial charge in [-0.2, -0.15) is 11.8 Å². The molecule has 0 aromatic carbocycles.